The summed E-state index contributed by atoms with van der Waals surface area (Å²) < 4.78 is 0. The summed E-state index contributed by atoms with van der Waals surface area (Å²) in [6.07, 6.45) is 0.719. The van der Waals surface area contributed by atoms with Crippen molar-refractivity contribution < 1.29 is 19.8 Å². The number of aliphatic hydroxyl groups is 1. The van der Waals surface area contributed by atoms with Crippen molar-refractivity contribution in [2.45, 2.75) is 43.0 Å². The maximum atomic E-state index is 11.4. The van der Waals surface area contributed by atoms with Crippen molar-refractivity contribution in [3.63, 3.8) is 0 Å². The number of fused-ring (bicyclic) bond motifs is 1. The molecule has 8 nitrogen and oxygen atoms in total. The lowest BCUT2D eigenvalue weighted by Gasteiger charge is -2.31. The quantitative estimate of drug-likeness (QED) is 0.615. The van der Waals surface area contributed by atoms with Crippen LogP contribution in [0.2, 0.25) is 0 Å². The Kier molecular flexibility index (Phi) is 4.79. The van der Waals surface area contributed by atoms with Crippen molar-refractivity contribution in [2.75, 3.05) is 11.1 Å². The molecule has 124 valence electrons. The summed E-state index contributed by atoms with van der Waals surface area (Å²) >= 11 is 1.35. The van der Waals surface area contributed by atoms with E-state index >= 15 is 0 Å². The Balaban J connectivity index is 1.58. The van der Waals surface area contributed by atoms with Crippen LogP contribution < -0.4 is 10.6 Å². The van der Waals surface area contributed by atoms with Gasteiger partial charge in [0.25, 0.3) is 0 Å². The van der Waals surface area contributed by atoms with Gasteiger partial charge in [0.15, 0.2) is 0 Å². The number of hydrogen-bond donors (Lipinski definition) is 4. The van der Waals surface area contributed by atoms with Gasteiger partial charge in [-0.15, -0.1) is 5.10 Å². The van der Waals surface area contributed by atoms with Gasteiger partial charge in [-0.05, 0) is 25.3 Å². The lowest BCUT2D eigenvalue weighted by molar-refractivity contribution is -0.144. The van der Waals surface area contributed by atoms with Crippen molar-refractivity contribution in [1.29, 1.82) is 0 Å². The van der Waals surface area contributed by atoms with Crippen LogP contribution >= 0.6 is 11.8 Å². The van der Waals surface area contributed by atoms with Gasteiger partial charge in [0.05, 0.1) is 29.2 Å². The molecule has 23 heavy (non-hydrogen) atoms. The Labute approximate surface area is 137 Å². The molecule has 1 aliphatic heterocycles. The normalized spacial score (nSPS) is 27.2. The molecule has 0 spiro atoms. The second kappa shape index (κ2) is 6.81. The number of thioether (sulfide) groups is 1. The van der Waals surface area contributed by atoms with Crippen LogP contribution in [0.25, 0.3) is 0 Å². The molecule has 1 amide bonds. The van der Waals surface area contributed by atoms with Gasteiger partial charge in [0, 0.05) is 12.6 Å². The number of carboxylic acid groups (broad SMARTS) is 1. The van der Waals surface area contributed by atoms with E-state index in [9.17, 15) is 14.7 Å². The van der Waals surface area contributed by atoms with Crippen LogP contribution in [0.5, 0.6) is 0 Å². The van der Waals surface area contributed by atoms with Crippen LogP contribution in [-0.4, -0.2) is 50.2 Å². The minimum Gasteiger partial charge on any atom is -0.481 e. The molecule has 9 heteroatoms. The lowest BCUT2D eigenvalue weighted by atomic mass is 9.84. The molecule has 1 aromatic heterocycles. The maximum Gasteiger partial charge on any atom is 0.306 e. The fraction of sp³-hybridized carbons (Fsp3) is 0.571. The Morgan fingerprint density at radius 1 is 1.43 bits per heavy atom. The summed E-state index contributed by atoms with van der Waals surface area (Å²) in [6, 6.07) is 1.61. The SMILES string of the molecule is O=C1CSc2nnc(CN[C@@H]3CC[C@@H](C(=O)O)C[C@H]3O)cc2N1. The summed E-state index contributed by atoms with van der Waals surface area (Å²) in [6.45, 7) is 0.403. The van der Waals surface area contributed by atoms with Gasteiger partial charge in [-0.1, -0.05) is 11.8 Å². The first-order chi connectivity index (χ1) is 11.0. The highest BCUT2D eigenvalue weighted by molar-refractivity contribution is 8.00. The van der Waals surface area contributed by atoms with Crippen LogP contribution in [0, 0.1) is 5.92 Å². The van der Waals surface area contributed by atoms with Crippen molar-refractivity contribution in [2.24, 2.45) is 5.92 Å². The molecule has 0 aromatic carbocycles. The Bertz CT molecular complexity index is 627. The molecule has 1 aliphatic carbocycles. The fourth-order valence-electron chi connectivity index (χ4n) is 2.87. The van der Waals surface area contributed by atoms with E-state index in [1.54, 1.807) is 6.07 Å². The maximum absolute atomic E-state index is 11.4. The van der Waals surface area contributed by atoms with E-state index in [4.69, 9.17) is 5.11 Å². The van der Waals surface area contributed by atoms with E-state index in [0.717, 1.165) is 0 Å². The van der Waals surface area contributed by atoms with Gasteiger partial charge in [-0.2, -0.15) is 5.10 Å². The molecule has 1 fully saturated rings. The largest absolute Gasteiger partial charge is 0.481 e. The zero-order chi connectivity index (χ0) is 16.4. The molecule has 0 bridgehead atoms. The minimum atomic E-state index is -0.851. The second-order valence-electron chi connectivity index (χ2n) is 5.79. The number of hydrogen-bond acceptors (Lipinski definition) is 7. The predicted molar refractivity (Wildman–Crippen MR) is 83.0 cm³/mol. The van der Waals surface area contributed by atoms with E-state index in [0.29, 0.717) is 41.5 Å². The highest BCUT2D eigenvalue weighted by atomic mass is 32.2. The fourth-order valence-corrected chi connectivity index (χ4v) is 3.57. The van der Waals surface area contributed by atoms with Gasteiger partial charge in [0.2, 0.25) is 5.91 Å². The van der Waals surface area contributed by atoms with Crippen LogP contribution in [0.3, 0.4) is 0 Å². The lowest BCUT2D eigenvalue weighted by Crippen LogP contribution is -2.45. The summed E-state index contributed by atoms with van der Waals surface area (Å²) in [5, 5.41) is 33.9. The second-order valence-corrected chi connectivity index (χ2v) is 6.76. The Morgan fingerprint density at radius 2 is 2.26 bits per heavy atom. The zero-order valence-electron chi connectivity index (χ0n) is 12.4. The highest BCUT2D eigenvalue weighted by Crippen LogP contribution is 2.29. The van der Waals surface area contributed by atoms with Gasteiger partial charge in [-0.3, -0.25) is 9.59 Å². The zero-order valence-corrected chi connectivity index (χ0v) is 13.2. The average Bonchev–Trinajstić information content (AvgIpc) is 2.53. The molecule has 0 unspecified atom stereocenters. The summed E-state index contributed by atoms with van der Waals surface area (Å²) in [5.74, 6) is -1.04. The van der Waals surface area contributed by atoms with E-state index in [1.165, 1.54) is 11.8 Å². The van der Waals surface area contributed by atoms with Gasteiger partial charge in [0.1, 0.15) is 5.03 Å². The van der Waals surface area contributed by atoms with Crippen molar-refractivity contribution >= 4 is 29.3 Å². The molecule has 2 aliphatic rings. The van der Waals surface area contributed by atoms with E-state index < -0.39 is 18.0 Å². The smallest absolute Gasteiger partial charge is 0.306 e. The first-order valence-electron chi connectivity index (χ1n) is 7.46. The van der Waals surface area contributed by atoms with Crippen LogP contribution in [0.4, 0.5) is 5.69 Å². The predicted octanol–water partition coefficient (Wildman–Crippen LogP) is 0.225. The number of aromatic nitrogens is 2. The molecule has 0 radical (unpaired) electrons. The van der Waals surface area contributed by atoms with Gasteiger partial charge < -0.3 is 20.8 Å². The topological polar surface area (TPSA) is 124 Å². The number of aliphatic carboxylic acids is 1. The average molecular weight is 338 g/mol. The molecule has 0 saturated heterocycles. The van der Waals surface area contributed by atoms with Crippen molar-refractivity contribution in [3.05, 3.63) is 11.8 Å². The number of aliphatic hydroxyl groups excluding tert-OH is 1. The molecular weight excluding hydrogens is 320 g/mol. The van der Waals surface area contributed by atoms with E-state index in [-0.39, 0.29) is 18.4 Å². The Morgan fingerprint density at radius 3 is 3.00 bits per heavy atom. The molecule has 3 rings (SSSR count). The standard InChI is InChI=1S/C14H18N4O4S/c19-11-3-7(14(21)22)1-2-9(11)15-5-8-4-10-13(18-17-8)23-6-12(20)16-10/h4,7,9,11,15,19H,1-3,5-6H2,(H,16,20)(H,21,22)/t7-,9-,11-/m1/s1. The monoisotopic (exact) mass is 338 g/mol. The number of amides is 1. The third kappa shape index (κ3) is 3.80. The number of carboxylic acids is 1. The van der Waals surface area contributed by atoms with E-state index in [2.05, 4.69) is 20.8 Å². The Hall–Kier alpha value is -1.71. The first kappa shape index (κ1) is 16.2. The molecule has 1 aromatic rings. The minimum absolute atomic E-state index is 0.0585. The number of carbonyl (C=O) groups excluding carboxylic acids is 1. The molecule has 3 atom stereocenters. The highest BCUT2D eigenvalue weighted by Gasteiger charge is 2.32. The first-order valence-corrected chi connectivity index (χ1v) is 8.45. The molecule has 2 heterocycles. The van der Waals surface area contributed by atoms with Gasteiger partial charge >= 0.3 is 5.97 Å². The number of carbonyl (C=O) groups is 2. The van der Waals surface area contributed by atoms with Crippen LogP contribution in [0.15, 0.2) is 11.1 Å². The third-order valence-corrected chi connectivity index (χ3v) is 5.12. The number of nitrogens with zero attached hydrogens (tertiary/aromatic N) is 2. The summed E-state index contributed by atoms with van der Waals surface area (Å²) in [7, 11) is 0. The van der Waals surface area contributed by atoms with Crippen molar-refractivity contribution in [1.82, 2.24) is 15.5 Å². The number of rotatable bonds is 4. The number of nitrogens with one attached hydrogen (secondary N) is 2. The van der Waals surface area contributed by atoms with Crippen molar-refractivity contribution in [3.8, 4) is 0 Å². The van der Waals surface area contributed by atoms with Crippen LogP contribution in [0.1, 0.15) is 25.0 Å². The third-order valence-electron chi connectivity index (χ3n) is 4.14. The summed E-state index contributed by atoms with van der Waals surface area (Å²) in [4.78, 5) is 22.4. The molecule has 1 saturated carbocycles. The van der Waals surface area contributed by atoms with E-state index in [1.807, 2.05) is 0 Å². The van der Waals surface area contributed by atoms with Crippen LogP contribution in [-0.2, 0) is 16.1 Å². The molecule has 4 N–H and O–H groups in total. The number of anilines is 1. The van der Waals surface area contributed by atoms with Gasteiger partial charge in [-0.25, -0.2) is 0 Å². The molecular formula is C14H18N4O4S. The summed E-state index contributed by atoms with van der Waals surface area (Å²) in [5.41, 5.74) is 1.33.